The summed E-state index contributed by atoms with van der Waals surface area (Å²) in [6.45, 7) is 2.58. The van der Waals surface area contributed by atoms with Crippen LogP contribution in [0.5, 0.6) is 0 Å². The molecule has 0 amide bonds. The van der Waals surface area contributed by atoms with Crippen LogP contribution in [0.4, 0.5) is 0 Å². The molecule has 15 nitrogen and oxygen atoms in total. The second-order valence-corrected chi connectivity index (χ2v) is 18.0. The van der Waals surface area contributed by atoms with E-state index in [1.54, 1.807) is 0 Å². The minimum Gasteiger partial charge on any atom is -0.462 e. The average Bonchev–Trinajstić information content (AvgIpc) is 3.29. The largest absolute Gasteiger partial charge is 0.462 e. The zero-order valence-corrected chi connectivity index (χ0v) is 39.5. The zero-order valence-electron chi connectivity index (χ0n) is 39.5. The summed E-state index contributed by atoms with van der Waals surface area (Å²) in [5.41, 5.74) is 0. The van der Waals surface area contributed by atoms with Gasteiger partial charge in [-0.1, -0.05) is 154 Å². The molecule has 0 aromatic rings. The molecule has 15 heteroatoms. The van der Waals surface area contributed by atoms with Crippen molar-refractivity contribution in [3.05, 3.63) is 12.2 Å². The molecule has 7 N–H and O–H groups in total. The first kappa shape index (κ1) is 58.4. The molecule has 64 heavy (non-hydrogen) atoms. The molecule has 11 atom stereocenters. The maximum absolute atomic E-state index is 13.0. The number of carbonyl (C=O) groups excluding carboxylic acids is 2. The Bertz CT molecular complexity index is 1170. The summed E-state index contributed by atoms with van der Waals surface area (Å²) >= 11 is 0. The molecule has 2 saturated heterocycles. The number of hydrogen-bond donors (Lipinski definition) is 7. The van der Waals surface area contributed by atoms with E-state index in [1.165, 1.54) is 103 Å². The van der Waals surface area contributed by atoms with Gasteiger partial charge in [0.25, 0.3) is 0 Å². The quantitative estimate of drug-likeness (QED) is 0.0196. The summed E-state index contributed by atoms with van der Waals surface area (Å²) in [4.78, 5) is 25.7. The number of unbranched alkanes of at least 4 members (excludes halogenated alkanes) is 23. The van der Waals surface area contributed by atoms with Crippen LogP contribution in [0, 0.1) is 0 Å². The minimum absolute atomic E-state index is 0.164. The Balaban J connectivity index is 1.82. The molecule has 0 spiro atoms. The van der Waals surface area contributed by atoms with Crippen molar-refractivity contribution in [2.45, 2.75) is 261 Å². The van der Waals surface area contributed by atoms with Crippen molar-refractivity contribution in [3.8, 4) is 0 Å². The van der Waals surface area contributed by atoms with Crippen molar-refractivity contribution >= 4 is 11.9 Å². The number of allylic oxidation sites excluding steroid dienone is 2. The molecule has 0 aromatic heterocycles. The predicted molar refractivity (Wildman–Crippen MR) is 243 cm³/mol. The van der Waals surface area contributed by atoms with Gasteiger partial charge in [0.05, 0.1) is 19.8 Å². The molecule has 0 aliphatic carbocycles. The lowest BCUT2D eigenvalue weighted by atomic mass is 9.98. The molecule has 0 radical (unpaired) electrons. The zero-order chi connectivity index (χ0) is 46.8. The van der Waals surface area contributed by atoms with Gasteiger partial charge in [-0.2, -0.15) is 0 Å². The Morgan fingerprint density at radius 2 is 0.891 bits per heavy atom. The number of hydrogen-bond acceptors (Lipinski definition) is 15. The fourth-order valence-corrected chi connectivity index (χ4v) is 8.04. The van der Waals surface area contributed by atoms with Gasteiger partial charge in [0.2, 0.25) is 0 Å². The van der Waals surface area contributed by atoms with Crippen LogP contribution in [-0.4, -0.2) is 142 Å². The van der Waals surface area contributed by atoms with E-state index in [4.69, 9.17) is 28.4 Å². The van der Waals surface area contributed by atoms with Gasteiger partial charge < -0.3 is 64.2 Å². The van der Waals surface area contributed by atoms with Crippen LogP contribution in [-0.2, 0) is 38.0 Å². The van der Waals surface area contributed by atoms with E-state index in [1.807, 2.05) is 0 Å². The van der Waals surface area contributed by atoms with Crippen molar-refractivity contribution < 1.29 is 73.8 Å². The SMILES string of the molecule is CCCCCC/C=C/CCCCCCCCCC(=O)O[C@H](COC(=O)CCCCCCCCCCCCCCC)CO[C@@H]1O[C@H](CO[C@@H]2O[C@H](CO)[C@H](O)C(O)C2O)[C@H](O)C(O)C1O. The highest BCUT2D eigenvalue weighted by atomic mass is 16.7. The lowest BCUT2D eigenvalue weighted by Crippen LogP contribution is -2.61. The van der Waals surface area contributed by atoms with Crippen LogP contribution in [0.3, 0.4) is 0 Å². The second-order valence-electron chi connectivity index (χ2n) is 18.0. The normalized spacial score (nSPS) is 26.6. The van der Waals surface area contributed by atoms with Crippen LogP contribution in [0.15, 0.2) is 12.2 Å². The minimum atomic E-state index is -1.76. The van der Waals surface area contributed by atoms with Crippen LogP contribution >= 0.6 is 0 Å². The van der Waals surface area contributed by atoms with Crippen LogP contribution in [0.1, 0.15) is 194 Å². The number of aliphatic hydroxyl groups excluding tert-OH is 7. The highest BCUT2D eigenvalue weighted by Gasteiger charge is 2.47. The molecular formula is C49H90O15. The first-order valence-corrected chi connectivity index (χ1v) is 25.3. The van der Waals surface area contributed by atoms with Crippen molar-refractivity contribution in [1.82, 2.24) is 0 Å². The number of aliphatic hydroxyl groups is 7. The van der Waals surface area contributed by atoms with Gasteiger partial charge >= 0.3 is 11.9 Å². The standard InChI is InChI=1S/C49H90O15/c1-3-5-7-9-11-13-15-17-18-20-22-24-26-28-30-32-41(52)62-37(34-59-40(51)31-29-27-25-23-21-19-16-14-12-10-8-6-4-2)35-60-48-47(58)45(56)43(54)39(64-48)36-61-49-46(57)44(55)42(53)38(33-50)63-49/h13,15,37-39,42-50,53-58H,3-12,14,16-36H2,1-2H3/b15-13+/t37-,38-,39-,42+,43+,44?,45?,46?,47?,48-,49-/m1/s1. The smallest absolute Gasteiger partial charge is 0.306 e. The third-order valence-corrected chi connectivity index (χ3v) is 12.2. The number of ether oxygens (including phenoxy) is 6. The first-order valence-electron chi connectivity index (χ1n) is 25.3. The molecule has 0 bridgehead atoms. The maximum Gasteiger partial charge on any atom is 0.306 e. The second kappa shape index (κ2) is 37.2. The summed E-state index contributed by atoms with van der Waals surface area (Å²) in [6, 6.07) is 0. The predicted octanol–water partition coefficient (Wildman–Crippen LogP) is 6.60. The van der Waals surface area contributed by atoms with Crippen LogP contribution in [0.25, 0.3) is 0 Å². The summed E-state index contributed by atoms with van der Waals surface area (Å²) in [6.07, 6.45) is 18.1. The summed E-state index contributed by atoms with van der Waals surface area (Å²) in [5.74, 6) is -0.922. The molecular weight excluding hydrogens is 829 g/mol. The van der Waals surface area contributed by atoms with Gasteiger partial charge in [-0.05, 0) is 38.5 Å². The number of carbonyl (C=O) groups is 2. The Morgan fingerprint density at radius 3 is 1.39 bits per heavy atom. The van der Waals surface area contributed by atoms with E-state index < -0.39 is 92.7 Å². The maximum atomic E-state index is 13.0. The topological polar surface area (TPSA) is 231 Å². The van der Waals surface area contributed by atoms with E-state index >= 15 is 0 Å². The molecule has 2 rings (SSSR count). The van der Waals surface area contributed by atoms with Crippen molar-refractivity contribution in [2.24, 2.45) is 0 Å². The highest BCUT2D eigenvalue weighted by molar-refractivity contribution is 5.70. The van der Waals surface area contributed by atoms with E-state index in [2.05, 4.69) is 26.0 Å². The summed E-state index contributed by atoms with van der Waals surface area (Å²) in [7, 11) is 0. The van der Waals surface area contributed by atoms with Gasteiger partial charge in [0.1, 0.15) is 55.4 Å². The molecule has 0 aromatic carbocycles. The highest BCUT2D eigenvalue weighted by Crippen LogP contribution is 2.26. The summed E-state index contributed by atoms with van der Waals surface area (Å²) < 4.78 is 33.5. The lowest BCUT2D eigenvalue weighted by molar-refractivity contribution is -0.332. The molecule has 2 heterocycles. The molecule has 2 aliphatic rings. The third kappa shape index (κ3) is 25.4. The van der Waals surface area contributed by atoms with Gasteiger partial charge in [-0.15, -0.1) is 0 Å². The first-order chi connectivity index (χ1) is 31.0. The van der Waals surface area contributed by atoms with Gasteiger partial charge in [0.15, 0.2) is 18.7 Å². The van der Waals surface area contributed by atoms with Gasteiger partial charge in [0, 0.05) is 12.8 Å². The number of rotatable bonds is 39. The van der Waals surface area contributed by atoms with Crippen molar-refractivity contribution in [2.75, 3.05) is 26.4 Å². The lowest BCUT2D eigenvalue weighted by Gasteiger charge is -2.42. The summed E-state index contributed by atoms with van der Waals surface area (Å²) in [5, 5.41) is 72.0. The molecule has 4 unspecified atom stereocenters. The van der Waals surface area contributed by atoms with Crippen LogP contribution in [0.2, 0.25) is 0 Å². The molecule has 376 valence electrons. The monoisotopic (exact) mass is 919 g/mol. The Kier molecular flexibility index (Phi) is 34.0. The Hall–Kier alpha value is -1.76. The van der Waals surface area contributed by atoms with E-state index in [9.17, 15) is 45.3 Å². The van der Waals surface area contributed by atoms with Crippen LogP contribution < -0.4 is 0 Å². The van der Waals surface area contributed by atoms with E-state index in [0.29, 0.717) is 12.8 Å². The Labute approximate surface area is 384 Å². The number of esters is 2. The third-order valence-electron chi connectivity index (χ3n) is 12.2. The fourth-order valence-electron chi connectivity index (χ4n) is 8.04. The van der Waals surface area contributed by atoms with E-state index in [-0.39, 0.29) is 26.1 Å². The van der Waals surface area contributed by atoms with Gasteiger partial charge in [-0.3, -0.25) is 9.59 Å². The van der Waals surface area contributed by atoms with Crippen molar-refractivity contribution in [3.63, 3.8) is 0 Å². The van der Waals surface area contributed by atoms with E-state index in [0.717, 1.165) is 51.4 Å². The average molecular weight is 919 g/mol. The molecule has 2 fully saturated rings. The van der Waals surface area contributed by atoms with Gasteiger partial charge in [-0.25, -0.2) is 0 Å². The fraction of sp³-hybridized carbons (Fsp3) is 0.918. The Morgan fingerprint density at radius 1 is 0.484 bits per heavy atom. The van der Waals surface area contributed by atoms with Crippen molar-refractivity contribution in [1.29, 1.82) is 0 Å². The molecule has 2 aliphatic heterocycles. The molecule has 0 saturated carbocycles.